The zero-order valence-corrected chi connectivity index (χ0v) is 14.1. The van der Waals surface area contributed by atoms with Crippen molar-refractivity contribution >= 4 is 15.9 Å². The molecular formula is C16H24N2O4S. The minimum absolute atomic E-state index is 0.0598. The van der Waals surface area contributed by atoms with E-state index < -0.39 is 10.0 Å². The predicted molar refractivity (Wildman–Crippen MR) is 85.3 cm³/mol. The third-order valence-electron chi connectivity index (χ3n) is 5.04. The molecule has 0 unspecified atom stereocenters. The van der Waals surface area contributed by atoms with Crippen LogP contribution in [-0.4, -0.2) is 31.8 Å². The van der Waals surface area contributed by atoms with Gasteiger partial charge in [0.2, 0.25) is 5.09 Å². The van der Waals surface area contributed by atoms with Crippen LogP contribution in [0.5, 0.6) is 0 Å². The smallest absolute Gasteiger partial charge is 0.289 e. The van der Waals surface area contributed by atoms with E-state index in [0.717, 1.165) is 19.3 Å². The number of hydrogen-bond donors (Lipinski definition) is 1. The van der Waals surface area contributed by atoms with Crippen molar-refractivity contribution in [1.29, 1.82) is 0 Å². The molecule has 7 heteroatoms. The van der Waals surface area contributed by atoms with Gasteiger partial charge >= 0.3 is 0 Å². The number of rotatable bonds is 4. The summed E-state index contributed by atoms with van der Waals surface area (Å²) in [7, 11) is -3.91. The molecular weight excluding hydrogens is 316 g/mol. The molecule has 2 N–H and O–H groups in total. The molecule has 2 fully saturated rings. The predicted octanol–water partition coefficient (Wildman–Crippen LogP) is 2.50. The Morgan fingerprint density at radius 1 is 1.17 bits per heavy atom. The number of nitrogens with zero attached hydrogens (tertiary/aromatic N) is 1. The summed E-state index contributed by atoms with van der Waals surface area (Å²) < 4.78 is 27.7. The van der Waals surface area contributed by atoms with Crippen molar-refractivity contribution in [3.63, 3.8) is 0 Å². The van der Waals surface area contributed by atoms with E-state index in [4.69, 9.17) is 9.56 Å². The van der Waals surface area contributed by atoms with Crippen LogP contribution in [-0.2, 0) is 10.0 Å². The van der Waals surface area contributed by atoms with Crippen LogP contribution in [0.2, 0.25) is 0 Å². The molecule has 0 radical (unpaired) electrons. The van der Waals surface area contributed by atoms with Crippen LogP contribution in [0, 0.1) is 5.92 Å². The van der Waals surface area contributed by atoms with E-state index >= 15 is 0 Å². The molecule has 1 aliphatic heterocycles. The molecule has 1 atom stereocenters. The van der Waals surface area contributed by atoms with Gasteiger partial charge in [0.25, 0.3) is 15.9 Å². The van der Waals surface area contributed by atoms with E-state index in [1.54, 1.807) is 0 Å². The van der Waals surface area contributed by atoms with Crippen molar-refractivity contribution in [3.05, 3.63) is 17.9 Å². The van der Waals surface area contributed by atoms with Crippen LogP contribution >= 0.6 is 0 Å². The molecule has 1 aromatic heterocycles. The maximum Gasteiger partial charge on any atom is 0.289 e. The lowest BCUT2D eigenvalue weighted by Crippen LogP contribution is -2.36. The fourth-order valence-electron chi connectivity index (χ4n) is 3.89. The zero-order valence-electron chi connectivity index (χ0n) is 13.2. The van der Waals surface area contributed by atoms with Gasteiger partial charge in [-0.15, -0.1) is 0 Å². The number of carbonyl (C=O) groups is 1. The van der Waals surface area contributed by atoms with Crippen molar-refractivity contribution in [2.45, 2.75) is 62.5 Å². The first-order valence-electron chi connectivity index (χ1n) is 8.39. The second-order valence-corrected chi connectivity index (χ2v) is 8.19. The second-order valence-electron chi connectivity index (χ2n) is 6.70. The molecule has 2 aliphatic rings. The number of furan rings is 1. The van der Waals surface area contributed by atoms with Crippen molar-refractivity contribution < 1.29 is 17.6 Å². The van der Waals surface area contributed by atoms with Gasteiger partial charge in [-0.2, -0.15) is 0 Å². The Morgan fingerprint density at radius 2 is 1.91 bits per heavy atom. The van der Waals surface area contributed by atoms with Crippen molar-refractivity contribution in [2.75, 3.05) is 6.54 Å². The molecule has 1 saturated carbocycles. The van der Waals surface area contributed by atoms with Crippen LogP contribution in [0.4, 0.5) is 0 Å². The van der Waals surface area contributed by atoms with E-state index in [2.05, 4.69) is 0 Å². The van der Waals surface area contributed by atoms with Gasteiger partial charge in [-0.25, -0.2) is 13.6 Å². The maximum absolute atomic E-state index is 12.6. The van der Waals surface area contributed by atoms with Gasteiger partial charge in [-0.05, 0) is 37.3 Å². The normalized spacial score (nSPS) is 23.3. The molecule has 1 aromatic rings. The van der Waals surface area contributed by atoms with Gasteiger partial charge in [-0.1, -0.05) is 32.1 Å². The first kappa shape index (κ1) is 16.5. The van der Waals surface area contributed by atoms with E-state index in [0.29, 0.717) is 12.5 Å². The molecule has 0 bridgehead atoms. The van der Waals surface area contributed by atoms with Crippen LogP contribution in [0.1, 0.15) is 61.9 Å². The molecule has 23 heavy (non-hydrogen) atoms. The molecule has 1 amide bonds. The van der Waals surface area contributed by atoms with Gasteiger partial charge in [0, 0.05) is 12.6 Å². The number of nitrogens with two attached hydrogens (primary N) is 1. The third kappa shape index (κ3) is 3.77. The van der Waals surface area contributed by atoms with Gasteiger partial charge in [0.1, 0.15) is 0 Å². The summed E-state index contributed by atoms with van der Waals surface area (Å²) in [6.07, 6.45) is 9.49. The number of hydrogen-bond acceptors (Lipinski definition) is 4. The largest absolute Gasteiger partial charge is 0.438 e. The van der Waals surface area contributed by atoms with Gasteiger partial charge < -0.3 is 9.32 Å². The van der Waals surface area contributed by atoms with Gasteiger partial charge in [0.15, 0.2) is 5.76 Å². The molecule has 0 aromatic carbocycles. The summed E-state index contributed by atoms with van der Waals surface area (Å²) in [4.78, 5) is 14.5. The third-order valence-corrected chi connectivity index (χ3v) is 5.82. The lowest BCUT2D eigenvalue weighted by molar-refractivity contribution is 0.0673. The summed E-state index contributed by atoms with van der Waals surface area (Å²) in [6, 6.07) is 2.89. The highest BCUT2D eigenvalue weighted by molar-refractivity contribution is 7.89. The topological polar surface area (TPSA) is 93.6 Å². The van der Waals surface area contributed by atoms with E-state index in [1.807, 2.05) is 4.90 Å². The quantitative estimate of drug-likeness (QED) is 0.911. The van der Waals surface area contributed by atoms with E-state index in [1.165, 1.54) is 44.2 Å². The SMILES string of the molecule is NS(=O)(=O)c1ccc(C(=O)N2CCC[C@@H]2CC2CCCCC2)o1. The highest BCUT2D eigenvalue weighted by atomic mass is 32.2. The Labute approximate surface area is 137 Å². The highest BCUT2D eigenvalue weighted by Gasteiger charge is 2.33. The first-order valence-corrected chi connectivity index (χ1v) is 9.93. The fraction of sp³-hybridized carbons (Fsp3) is 0.688. The molecule has 2 heterocycles. The highest BCUT2D eigenvalue weighted by Crippen LogP contribution is 2.32. The van der Waals surface area contributed by atoms with Crippen LogP contribution in [0.25, 0.3) is 0 Å². The number of likely N-dealkylation sites (tertiary alicyclic amines) is 1. The van der Waals surface area contributed by atoms with Crippen molar-refractivity contribution in [3.8, 4) is 0 Å². The average molecular weight is 340 g/mol. The summed E-state index contributed by atoms with van der Waals surface area (Å²) in [5, 5.41) is 4.67. The molecule has 1 aliphatic carbocycles. The molecule has 6 nitrogen and oxygen atoms in total. The Kier molecular flexibility index (Phi) is 4.77. The van der Waals surface area contributed by atoms with Gasteiger partial charge in [-0.3, -0.25) is 4.79 Å². The van der Waals surface area contributed by atoms with Crippen molar-refractivity contribution in [2.24, 2.45) is 11.1 Å². The molecule has 1 saturated heterocycles. The second kappa shape index (κ2) is 6.65. The molecule has 0 spiro atoms. The molecule has 128 valence electrons. The monoisotopic (exact) mass is 340 g/mol. The van der Waals surface area contributed by atoms with Crippen LogP contribution in [0.15, 0.2) is 21.6 Å². The van der Waals surface area contributed by atoms with E-state index in [-0.39, 0.29) is 22.8 Å². The number of amides is 1. The molecule has 3 rings (SSSR count). The summed E-state index contributed by atoms with van der Waals surface area (Å²) >= 11 is 0. The van der Waals surface area contributed by atoms with Crippen LogP contribution < -0.4 is 5.14 Å². The van der Waals surface area contributed by atoms with Gasteiger partial charge in [0.05, 0.1) is 0 Å². The zero-order chi connectivity index (χ0) is 16.4. The number of primary sulfonamides is 1. The number of carbonyl (C=O) groups excluding carboxylic acids is 1. The fourth-order valence-corrected chi connectivity index (χ4v) is 4.35. The van der Waals surface area contributed by atoms with Crippen LogP contribution in [0.3, 0.4) is 0 Å². The average Bonchev–Trinajstić information content (AvgIpc) is 3.16. The standard InChI is InChI=1S/C16H24N2O4S/c17-23(20,21)15-9-8-14(22-15)16(19)18-10-4-7-13(18)11-12-5-2-1-3-6-12/h8-9,12-13H,1-7,10-11H2,(H2,17,20,21)/t13-/m1/s1. The Bertz CT molecular complexity index is 661. The lowest BCUT2D eigenvalue weighted by Gasteiger charge is -2.29. The summed E-state index contributed by atoms with van der Waals surface area (Å²) in [6.45, 7) is 0.710. The Hall–Kier alpha value is -1.34. The first-order chi connectivity index (χ1) is 10.9. The Morgan fingerprint density at radius 3 is 2.57 bits per heavy atom. The minimum Gasteiger partial charge on any atom is -0.438 e. The lowest BCUT2D eigenvalue weighted by atomic mass is 9.84. The minimum atomic E-state index is -3.91. The van der Waals surface area contributed by atoms with E-state index in [9.17, 15) is 13.2 Å². The van der Waals surface area contributed by atoms with Crippen molar-refractivity contribution in [1.82, 2.24) is 4.90 Å². The summed E-state index contributed by atoms with van der Waals surface area (Å²) in [5.41, 5.74) is 0. The maximum atomic E-state index is 12.6. The number of sulfonamides is 1. The Balaban J connectivity index is 1.69. The summed E-state index contributed by atoms with van der Waals surface area (Å²) in [5.74, 6) is 0.543.